The number of hydrogen-bond acceptors (Lipinski definition) is 5. The third-order valence-electron chi connectivity index (χ3n) is 5.95. The minimum absolute atomic E-state index is 0.0615. The molecular formula is C28H28F3N3O3. The maximum absolute atomic E-state index is 13.4. The quantitative estimate of drug-likeness (QED) is 0.321. The van der Waals surface area contributed by atoms with Gasteiger partial charge in [-0.1, -0.05) is 24.3 Å². The fraction of sp³-hybridized carbons (Fsp3) is 0.286. The van der Waals surface area contributed by atoms with Crippen LogP contribution in [-0.4, -0.2) is 57.0 Å². The fourth-order valence-corrected chi connectivity index (χ4v) is 4.02. The number of nitrogens with zero attached hydrogens (tertiary/aromatic N) is 3. The van der Waals surface area contributed by atoms with Gasteiger partial charge in [0.05, 0.1) is 30.2 Å². The van der Waals surface area contributed by atoms with E-state index < -0.39 is 17.6 Å². The van der Waals surface area contributed by atoms with Gasteiger partial charge in [-0.05, 0) is 62.0 Å². The topological polar surface area (TPSA) is 54.4 Å². The third-order valence-corrected chi connectivity index (χ3v) is 5.95. The number of methoxy groups -OCH3 is 1. The number of carbonyl (C=O) groups is 1. The zero-order valence-corrected chi connectivity index (χ0v) is 20.7. The Morgan fingerprint density at radius 2 is 1.70 bits per heavy atom. The zero-order valence-electron chi connectivity index (χ0n) is 20.7. The Hall–Kier alpha value is -3.69. The molecule has 0 spiro atoms. The second-order valence-corrected chi connectivity index (χ2v) is 8.66. The van der Waals surface area contributed by atoms with E-state index in [9.17, 15) is 18.0 Å². The number of para-hydroxylation sites is 1. The molecule has 0 N–H and O–H groups in total. The van der Waals surface area contributed by atoms with E-state index in [-0.39, 0.29) is 11.4 Å². The number of rotatable bonds is 10. The number of amides is 1. The number of ether oxygens (including phenoxy) is 2. The van der Waals surface area contributed by atoms with Crippen LogP contribution < -0.4 is 9.64 Å². The standard InChI is InChI=1S/C28H28F3N3O3/c1-33(16-18-36-2)15-6-17-37-23-13-11-22(12-14-23)34-25-10-4-3-9-24(25)26(27(34)35)32-21-8-5-7-20(19-21)28(29,30)31/h3-5,7-14,19H,6,15-18H2,1-2H3. The van der Waals surface area contributed by atoms with E-state index in [1.807, 2.05) is 7.05 Å². The summed E-state index contributed by atoms with van der Waals surface area (Å²) in [6.45, 7) is 2.98. The lowest BCUT2D eigenvalue weighted by Gasteiger charge is -2.18. The Morgan fingerprint density at radius 3 is 2.43 bits per heavy atom. The molecule has 0 aromatic heterocycles. The van der Waals surface area contributed by atoms with Gasteiger partial charge in [-0.2, -0.15) is 13.2 Å². The molecule has 1 aliphatic rings. The molecule has 0 saturated carbocycles. The summed E-state index contributed by atoms with van der Waals surface area (Å²) < 4.78 is 50.4. The molecule has 0 unspecified atom stereocenters. The van der Waals surface area contributed by atoms with Gasteiger partial charge in [0.15, 0.2) is 0 Å². The van der Waals surface area contributed by atoms with Crippen LogP contribution in [0.25, 0.3) is 0 Å². The number of hydrogen-bond donors (Lipinski definition) is 0. The van der Waals surface area contributed by atoms with Gasteiger partial charge in [0.2, 0.25) is 0 Å². The Bertz CT molecular complexity index is 1260. The first-order valence-corrected chi connectivity index (χ1v) is 11.9. The number of anilines is 2. The van der Waals surface area contributed by atoms with Gasteiger partial charge in [-0.25, -0.2) is 4.99 Å². The monoisotopic (exact) mass is 511 g/mol. The van der Waals surface area contributed by atoms with Crippen molar-refractivity contribution >= 4 is 28.7 Å². The molecular weight excluding hydrogens is 483 g/mol. The van der Waals surface area contributed by atoms with Gasteiger partial charge in [0.1, 0.15) is 11.5 Å². The molecule has 37 heavy (non-hydrogen) atoms. The van der Waals surface area contributed by atoms with Crippen LogP contribution in [0.15, 0.2) is 77.8 Å². The van der Waals surface area contributed by atoms with E-state index in [1.165, 1.54) is 17.0 Å². The van der Waals surface area contributed by atoms with E-state index in [0.717, 1.165) is 31.6 Å². The molecule has 3 aromatic rings. The molecule has 0 atom stereocenters. The highest BCUT2D eigenvalue weighted by Crippen LogP contribution is 2.38. The fourth-order valence-electron chi connectivity index (χ4n) is 4.02. The number of carbonyl (C=O) groups excluding carboxylic acids is 1. The van der Waals surface area contributed by atoms with Crippen LogP contribution in [-0.2, 0) is 15.7 Å². The number of aliphatic imine (C=N–C) groups is 1. The van der Waals surface area contributed by atoms with Crippen LogP contribution in [0.4, 0.5) is 30.2 Å². The zero-order chi connectivity index (χ0) is 26.4. The molecule has 3 aromatic carbocycles. The molecule has 194 valence electrons. The normalized spacial score (nSPS) is 14.5. The molecule has 0 bridgehead atoms. The minimum Gasteiger partial charge on any atom is -0.494 e. The molecule has 0 fully saturated rings. The Balaban J connectivity index is 1.49. The summed E-state index contributed by atoms with van der Waals surface area (Å²) in [4.78, 5) is 21.4. The number of fused-ring (bicyclic) bond motifs is 1. The summed E-state index contributed by atoms with van der Waals surface area (Å²) in [5.41, 5.74) is 1.12. The highest BCUT2D eigenvalue weighted by atomic mass is 19.4. The van der Waals surface area contributed by atoms with Gasteiger partial charge < -0.3 is 14.4 Å². The Labute approximate surface area is 213 Å². The van der Waals surface area contributed by atoms with Crippen molar-refractivity contribution in [1.29, 1.82) is 0 Å². The second kappa shape index (κ2) is 11.6. The minimum atomic E-state index is -4.50. The van der Waals surface area contributed by atoms with Crippen LogP contribution in [0.1, 0.15) is 17.5 Å². The first-order chi connectivity index (χ1) is 17.8. The van der Waals surface area contributed by atoms with Gasteiger partial charge >= 0.3 is 6.18 Å². The Morgan fingerprint density at radius 1 is 0.946 bits per heavy atom. The maximum Gasteiger partial charge on any atom is 0.416 e. The summed E-state index contributed by atoms with van der Waals surface area (Å²) in [6.07, 6.45) is -3.64. The average Bonchev–Trinajstić information content (AvgIpc) is 3.16. The smallest absolute Gasteiger partial charge is 0.416 e. The van der Waals surface area contributed by atoms with Gasteiger partial charge in [0, 0.05) is 31.5 Å². The summed E-state index contributed by atoms with van der Waals surface area (Å²) in [5, 5.41) is 0. The van der Waals surface area contributed by atoms with Crippen molar-refractivity contribution in [2.24, 2.45) is 4.99 Å². The molecule has 1 heterocycles. The van der Waals surface area contributed by atoms with Crippen molar-refractivity contribution in [1.82, 2.24) is 4.90 Å². The van der Waals surface area contributed by atoms with Crippen LogP contribution in [0.3, 0.4) is 0 Å². The SMILES string of the molecule is COCCN(C)CCCOc1ccc(N2C(=O)C(=Nc3cccc(C(F)(F)F)c3)c3ccccc32)cc1. The number of halogens is 3. The van der Waals surface area contributed by atoms with Crippen molar-refractivity contribution in [2.45, 2.75) is 12.6 Å². The van der Waals surface area contributed by atoms with E-state index >= 15 is 0 Å². The summed E-state index contributed by atoms with van der Waals surface area (Å²) in [5.74, 6) is 0.271. The predicted molar refractivity (Wildman–Crippen MR) is 137 cm³/mol. The summed E-state index contributed by atoms with van der Waals surface area (Å²) >= 11 is 0. The van der Waals surface area contributed by atoms with Crippen molar-refractivity contribution in [3.05, 3.63) is 83.9 Å². The van der Waals surface area contributed by atoms with E-state index in [4.69, 9.17) is 9.47 Å². The molecule has 1 aliphatic heterocycles. The average molecular weight is 512 g/mol. The van der Waals surface area contributed by atoms with Gasteiger partial charge in [-0.15, -0.1) is 0 Å². The van der Waals surface area contributed by atoms with Gasteiger partial charge in [-0.3, -0.25) is 9.69 Å². The molecule has 0 saturated heterocycles. The number of likely N-dealkylation sites (N-methyl/N-ethyl adjacent to an activating group) is 1. The van der Waals surface area contributed by atoms with Crippen LogP contribution in [0.2, 0.25) is 0 Å². The van der Waals surface area contributed by atoms with Crippen molar-refractivity contribution in [2.75, 3.05) is 45.4 Å². The van der Waals surface area contributed by atoms with E-state index in [0.29, 0.717) is 35.9 Å². The highest BCUT2D eigenvalue weighted by Gasteiger charge is 2.35. The lowest BCUT2D eigenvalue weighted by atomic mass is 10.1. The Kier molecular flexibility index (Phi) is 8.25. The van der Waals surface area contributed by atoms with Crippen LogP contribution in [0.5, 0.6) is 5.75 Å². The van der Waals surface area contributed by atoms with Crippen LogP contribution >= 0.6 is 0 Å². The summed E-state index contributed by atoms with van der Waals surface area (Å²) in [6, 6.07) is 18.9. The number of alkyl halides is 3. The maximum atomic E-state index is 13.4. The molecule has 0 radical (unpaired) electrons. The van der Waals surface area contributed by atoms with Crippen molar-refractivity contribution in [3.63, 3.8) is 0 Å². The third kappa shape index (κ3) is 6.36. The lowest BCUT2D eigenvalue weighted by Crippen LogP contribution is -2.25. The van der Waals surface area contributed by atoms with Crippen LogP contribution in [0, 0.1) is 0 Å². The molecule has 9 heteroatoms. The van der Waals surface area contributed by atoms with Crippen molar-refractivity contribution < 1.29 is 27.4 Å². The lowest BCUT2D eigenvalue weighted by molar-refractivity contribution is -0.137. The first kappa shape index (κ1) is 26.4. The number of benzene rings is 3. The summed E-state index contributed by atoms with van der Waals surface area (Å²) in [7, 11) is 3.71. The van der Waals surface area contributed by atoms with E-state index in [2.05, 4.69) is 9.89 Å². The van der Waals surface area contributed by atoms with Gasteiger partial charge in [0.25, 0.3) is 5.91 Å². The molecule has 0 aliphatic carbocycles. The van der Waals surface area contributed by atoms with E-state index in [1.54, 1.807) is 55.6 Å². The molecule has 6 nitrogen and oxygen atoms in total. The largest absolute Gasteiger partial charge is 0.494 e. The highest BCUT2D eigenvalue weighted by molar-refractivity contribution is 6.56. The molecule has 4 rings (SSSR count). The molecule has 1 amide bonds. The van der Waals surface area contributed by atoms with Crippen molar-refractivity contribution in [3.8, 4) is 5.75 Å². The first-order valence-electron chi connectivity index (χ1n) is 11.9. The second-order valence-electron chi connectivity index (χ2n) is 8.66. The predicted octanol–water partition coefficient (Wildman–Crippen LogP) is 5.85.